The highest BCUT2D eigenvalue weighted by Gasteiger charge is 2.05. The van der Waals surface area contributed by atoms with Gasteiger partial charge >= 0.3 is 5.97 Å². The van der Waals surface area contributed by atoms with Crippen LogP contribution in [-0.2, 0) is 0 Å². The van der Waals surface area contributed by atoms with Crippen molar-refractivity contribution in [2.45, 2.75) is 0 Å². The molecule has 4 nitrogen and oxygen atoms in total. The van der Waals surface area contributed by atoms with Crippen LogP contribution in [0.2, 0.25) is 10.0 Å². The van der Waals surface area contributed by atoms with Crippen LogP contribution in [0.15, 0.2) is 42.5 Å². The summed E-state index contributed by atoms with van der Waals surface area (Å²) in [7, 11) is 0. The zero-order chi connectivity index (χ0) is 15.4. The summed E-state index contributed by atoms with van der Waals surface area (Å²) in [4.78, 5) is 10.9. The van der Waals surface area contributed by atoms with Gasteiger partial charge in [0.25, 0.3) is 0 Å². The van der Waals surface area contributed by atoms with Crippen LogP contribution in [0.5, 0.6) is 0 Å². The first-order valence-electron chi connectivity index (χ1n) is 5.81. The van der Waals surface area contributed by atoms with E-state index >= 15 is 0 Å². The minimum absolute atomic E-state index is 0.175. The molecule has 0 saturated carbocycles. The van der Waals surface area contributed by atoms with Crippen molar-refractivity contribution in [3.05, 3.63) is 58.1 Å². The van der Waals surface area contributed by atoms with Gasteiger partial charge in [0.1, 0.15) is 0 Å². The fraction of sp³-hybridized carbons (Fsp3) is 0. The Balaban J connectivity index is 2.08. The molecular formula is C14H10Cl2N2O2S. The quantitative estimate of drug-likeness (QED) is 0.718. The van der Waals surface area contributed by atoms with Crippen LogP contribution in [0.4, 0.5) is 11.4 Å². The maximum absolute atomic E-state index is 10.9. The second-order valence-electron chi connectivity index (χ2n) is 4.12. The molecule has 3 N–H and O–H groups in total. The molecule has 2 aromatic rings. The second-order valence-corrected chi connectivity index (χ2v) is 5.40. The molecule has 0 heterocycles. The highest BCUT2D eigenvalue weighted by molar-refractivity contribution is 7.80. The highest BCUT2D eigenvalue weighted by atomic mass is 35.5. The van der Waals surface area contributed by atoms with Gasteiger partial charge in [0.15, 0.2) is 5.11 Å². The maximum atomic E-state index is 10.9. The van der Waals surface area contributed by atoms with Gasteiger partial charge in [-0.3, -0.25) is 0 Å². The molecule has 0 unspecified atom stereocenters. The van der Waals surface area contributed by atoms with E-state index in [1.807, 2.05) is 0 Å². The molecular weight excluding hydrogens is 331 g/mol. The number of hydrogen-bond acceptors (Lipinski definition) is 2. The van der Waals surface area contributed by atoms with E-state index in [9.17, 15) is 4.79 Å². The molecule has 0 aliphatic rings. The van der Waals surface area contributed by atoms with Crippen LogP contribution in [0.1, 0.15) is 10.4 Å². The number of nitrogens with one attached hydrogen (secondary N) is 2. The van der Waals surface area contributed by atoms with Crippen LogP contribution >= 0.6 is 35.4 Å². The van der Waals surface area contributed by atoms with Crippen molar-refractivity contribution in [3.63, 3.8) is 0 Å². The first-order valence-corrected chi connectivity index (χ1v) is 6.98. The Labute approximate surface area is 136 Å². The number of carbonyl (C=O) groups is 1. The van der Waals surface area contributed by atoms with Gasteiger partial charge in [0.2, 0.25) is 0 Å². The lowest BCUT2D eigenvalue weighted by molar-refractivity contribution is 0.0697. The lowest BCUT2D eigenvalue weighted by Crippen LogP contribution is -2.19. The van der Waals surface area contributed by atoms with E-state index in [2.05, 4.69) is 10.6 Å². The van der Waals surface area contributed by atoms with Crippen molar-refractivity contribution in [2.75, 3.05) is 10.6 Å². The van der Waals surface area contributed by atoms with Crippen molar-refractivity contribution in [2.24, 2.45) is 0 Å². The third-order valence-electron chi connectivity index (χ3n) is 2.49. The molecule has 2 aromatic carbocycles. The summed E-state index contributed by atoms with van der Waals surface area (Å²) >= 11 is 16.9. The van der Waals surface area contributed by atoms with Gasteiger partial charge in [-0.15, -0.1) is 0 Å². The lowest BCUT2D eigenvalue weighted by Gasteiger charge is -2.11. The molecule has 108 valence electrons. The number of halogens is 2. The van der Waals surface area contributed by atoms with Crippen molar-refractivity contribution >= 4 is 57.9 Å². The van der Waals surface area contributed by atoms with E-state index in [-0.39, 0.29) is 5.56 Å². The number of thiocarbonyl (C=S) groups is 1. The fourth-order valence-electron chi connectivity index (χ4n) is 1.65. The van der Waals surface area contributed by atoms with Gasteiger partial charge < -0.3 is 15.7 Å². The van der Waals surface area contributed by atoms with Crippen molar-refractivity contribution < 1.29 is 9.90 Å². The van der Waals surface area contributed by atoms with E-state index < -0.39 is 5.97 Å². The normalized spacial score (nSPS) is 10.0. The number of aromatic carboxylic acids is 1. The highest BCUT2D eigenvalue weighted by Crippen LogP contribution is 2.22. The summed E-state index contributed by atoms with van der Waals surface area (Å²) in [5.41, 5.74) is 1.38. The van der Waals surface area contributed by atoms with E-state index in [4.69, 9.17) is 40.5 Å². The van der Waals surface area contributed by atoms with Gasteiger partial charge in [-0.1, -0.05) is 29.3 Å². The minimum atomic E-state index is -1.00. The molecule has 7 heteroatoms. The largest absolute Gasteiger partial charge is 0.478 e. The standard InChI is InChI=1S/C14H10Cl2N2O2S/c15-9-5-10(16)7-12(6-9)18-14(21)17-11-3-1-2-8(4-11)13(19)20/h1-7H,(H,19,20)(H2,17,18,21). The topological polar surface area (TPSA) is 61.4 Å². The molecule has 0 fully saturated rings. The van der Waals surface area contributed by atoms with Crippen molar-refractivity contribution in [1.29, 1.82) is 0 Å². The number of carboxylic acids is 1. The molecule has 0 amide bonds. The molecule has 2 rings (SSSR count). The molecule has 0 aliphatic heterocycles. The Bertz CT molecular complexity index is 687. The first kappa shape index (κ1) is 15.6. The van der Waals surface area contributed by atoms with Crippen LogP contribution in [0.3, 0.4) is 0 Å². The summed E-state index contributed by atoms with van der Waals surface area (Å²) < 4.78 is 0. The Hall–Kier alpha value is -1.82. The molecule has 0 radical (unpaired) electrons. The molecule has 0 aromatic heterocycles. The third-order valence-corrected chi connectivity index (χ3v) is 3.13. The fourth-order valence-corrected chi connectivity index (χ4v) is 2.41. The number of rotatable bonds is 3. The first-order chi connectivity index (χ1) is 9.94. The number of anilines is 2. The van der Waals surface area contributed by atoms with Crippen molar-refractivity contribution in [3.8, 4) is 0 Å². The van der Waals surface area contributed by atoms with Crippen LogP contribution in [0, 0.1) is 0 Å². The van der Waals surface area contributed by atoms with Gasteiger partial charge in [-0.2, -0.15) is 0 Å². The van der Waals surface area contributed by atoms with Gasteiger partial charge in [0, 0.05) is 21.4 Å². The molecule has 0 bridgehead atoms. The van der Waals surface area contributed by atoms with E-state index in [0.717, 1.165) is 0 Å². The predicted molar refractivity (Wildman–Crippen MR) is 89.7 cm³/mol. The average molecular weight is 341 g/mol. The summed E-state index contributed by atoms with van der Waals surface area (Å²) in [6.45, 7) is 0. The summed E-state index contributed by atoms with van der Waals surface area (Å²) in [5, 5.41) is 16.0. The summed E-state index contributed by atoms with van der Waals surface area (Å²) in [6, 6.07) is 11.3. The molecule has 0 saturated heterocycles. The van der Waals surface area contributed by atoms with Crippen LogP contribution in [0.25, 0.3) is 0 Å². The lowest BCUT2D eigenvalue weighted by atomic mass is 10.2. The summed E-state index contributed by atoms with van der Waals surface area (Å²) in [6.07, 6.45) is 0. The zero-order valence-corrected chi connectivity index (χ0v) is 12.9. The Morgan fingerprint density at radius 3 is 2.24 bits per heavy atom. The van der Waals surface area contributed by atoms with Crippen molar-refractivity contribution in [1.82, 2.24) is 0 Å². The van der Waals surface area contributed by atoms with Crippen LogP contribution < -0.4 is 10.6 Å². The SMILES string of the molecule is O=C(O)c1cccc(NC(=S)Nc2cc(Cl)cc(Cl)c2)c1. The zero-order valence-electron chi connectivity index (χ0n) is 10.6. The third kappa shape index (κ3) is 4.60. The number of hydrogen-bond donors (Lipinski definition) is 3. The molecule has 0 spiro atoms. The molecule has 0 atom stereocenters. The second kappa shape index (κ2) is 6.76. The molecule has 0 aliphatic carbocycles. The summed E-state index contributed by atoms with van der Waals surface area (Å²) in [5.74, 6) is -1.00. The smallest absolute Gasteiger partial charge is 0.335 e. The molecule has 21 heavy (non-hydrogen) atoms. The van der Waals surface area contributed by atoms with Gasteiger partial charge in [0.05, 0.1) is 5.56 Å². The Morgan fingerprint density at radius 1 is 1.00 bits per heavy atom. The Morgan fingerprint density at radius 2 is 1.62 bits per heavy atom. The van der Waals surface area contributed by atoms with Crippen LogP contribution in [-0.4, -0.2) is 16.2 Å². The van der Waals surface area contributed by atoms with Gasteiger partial charge in [-0.05, 0) is 48.6 Å². The predicted octanol–water partition coefficient (Wildman–Crippen LogP) is 4.50. The monoisotopic (exact) mass is 340 g/mol. The minimum Gasteiger partial charge on any atom is -0.478 e. The maximum Gasteiger partial charge on any atom is 0.335 e. The van der Waals surface area contributed by atoms with Gasteiger partial charge in [-0.25, -0.2) is 4.79 Å². The number of benzene rings is 2. The van der Waals surface area contributed by atoms with E-state index in [1.165, 1.54) is 12.1 Å². The van der Waals surface area contributed by atoms with E-state index in [1.54, 1.807) is 30.3 Å². The average Bonchev–Trinajstić information content (AvgIpc) is 2.37. The number of carboxylic acid groups (broad SMARTS) is 1. The van der Waals surface area contributed by atoms with E-state index in [0.29, 0.717) is 26.5 Å². The Kier molecular flexibility index (Phi) is 5.01.